The Bertz CT molecular complexity index is 606. The summed E-state index contributed by atoms with van der Waals surface area (Å²) in [4.78, 5) is 18.6. The molecule has 1 aliphatic rings. The largest absolute Gasteiger partial charge is 0.352 e. The minimum Gasteiger partial charge on any atom is -0.352 e. The molecule has 1 aliphatic heterocycles. The lowest BCUT2D eigenvalue weighted by Crippen LogP contribution is -2.31. The van der Waals surface area contributed by atoms with E-state index in [1.807, 2.05) is 35.0 Å². The van der Waals surface area contributed by atoms with Crippen LogP contribution in [0.25, 0.3) is 5.69 Å². The Labute approximate surface area is 131 Å². The smallest absolute Gasteiger partial charge is 0.251 e. The number of aromatic nitrogens is 2. The zero-order valence-electron chi connectivity index (χ0n) is 12.9. The lowest BCUT2D eigenvalue weighted by molar-refractivity contribution is 0.0950. The number of nitrogens with one attached hydrogen (secondary N) is 1. The summed E-state index contributed by atoms with van der Waals surface area (Å²) in [5, 5.41) is 3.02. The molecule has 1 amide bonds. The molecule has 3 rings (SSSR count). The number of carbonyl (C=O) groups is 1. The summed E-state index contributed by atoms with van der Waals surface area (Å²) < 4.78 is 1.91. The molecule has 1 aromatic carbocycles. The lowest BCUT2D eigenvalue weighted by atomic mass is 10.1. The van der Waals surface area contributed by atoms with Gasteiger partial charge in [0.2, 0.25) is 0 Å². The molecule has 0 aliphatic carbocycles. The summed E-state index contributed by atoms with van der Waals surface area (Å²) in [6, 6.07) is 8.19. The summed E-state index contributed by atoms with van der Waals surface area (Å²) in [5.74, 6) is -0.00201. The molecule has 0 saturated carbocycles. The molecule has 1 N–H and O–H groups in total. The van der Waals surface area contributed by atoms with Gasteiger partial charge in [-0.3, -0.25) is 4.79 Å². The normalized spacial score (nSPS) is 18.5. The maximum Gasteiger partial charge on any atom is 0.251 e. The molecule has 116 valence electrons. The van der Waals surface area contributed by atoms with Crippen LogP contribution in [0.15, 0.2) is 43.0 Å². The van der Waals surface area contributed by atoms with E-state index in [0.29, 0.717) is 11.6 Å². The third kappa shape index (κ3) is 3.36. The number of imidazole rings is 1. The van der Waals surface area contributed by atoms with Crippen LogP contribution in [-0.4, -0.2) is 46.5 Å². The quantitative estimate of drug-likeness (QED) is 0.919. The summed E-state index contributed by atoms with van der Waals surface area (Å²) in [6.07, 6.45) is 8.90. The van der Waals surface area contributed by atoms with Crippen LogP contribution in [0.1, 0.15) is 29.6 Å². The van der Waals surface area contributed by atoms with Gasteiger partial charge < -0.3 is 14.8 Å². The van der Waals surface area contributed by atoms with E-state index in [1.54, 1.807) is 12.5 Å². The average Bonchev–Trinajstić information content (AvgIpc) is 3.20. The Balaban J connectivity index is 1.52. The van der Waals surface area contributed by atoms with Crippen molar-refractivity contribution in [1.29, 1.82) is 0 Å². The Kier molecular flexibility index (Phi) is 4.53. The van der Waals surface area contributed by atoms with Gasteiger partial charge in [0.1, 0.15) is 0 Å². The van der Waals surface area contributed by atoms with Crippen molar-refractivity contribution in [2.75, 3.05) is 20.1 Å². The minimum atomic E-state index is -0.00201. The molecule has 5 heteroatoms. The molecular weight excluding hydrogens is 276 g/mol. The Hall–Kier alpha value is -2.14. The molecule has 2 heterocycles. The van der Waals surface area contributed by atoms with Crippen molar-refractivity contribution in [3.63, 3.8) is 0 Å². The molecule has 0 radical (unpaired) electrons. The highest BCUT2D eigenvalue weighted by Crippen LogP contribution is 2.17. The van der Waals surface area contributed by atoms with Crippen molar-refractivity contribution in [2.24, 2.45) is 0 Å². The fourth-order valence-corrected chi connectivity index (χ4v) is 3.00. The van der Waals surface area contributed by atoms with Gasteiger partial charge in [0.25, 0.3) is 5.91 Å². The van der Waals surface area contributed by atoms with Crippen LogP contribution in [0, 0.1) is 0 Å². The first-order valence-corrected chi connectivity index (χ1v) is 7.81. The molecule has 1 aromatic heterocycles. The summed E-state index contributed by atoms with van der Waals surface area (Å²) >= 11 is 0. The molecule has 0 unspecified atom stereocenters. The van der Waals surface area contributed by atoms with E-state index in [4.69, 9.17) is 0 Å². The number of rotatable bonds is 5. The second-order valence-corrected chi connectivity index (χ2v) is 5.84. The van der Waals surface area contributed by atoms with E-state index in [0.717, 1.165) is 18.7 Å². The third-order valence-corrected chi connectivity index (χ3v) is 4.37. The standard InChI is InChI=1S/C17H22N4O/c1-20-11-2-3-15(20)8-9-19-17(22)14-4-6-16(7-5-14)21-12-10-18-13-21/h4-7,10,12-13,15H,2-3,8-9,11H2,1H3,(H,19,22)/t15-/m1/s1. The highest BCUT2D eigenvalue weighted by Gasteiger charge is 2.20. The monoisotopic (exact) mass is 298 g/mol. The van der Waals surface area contributed by atoms with Gasteiger partial charge in [-0.2, -0.15) is 0 Å². The van der Waals surface area contributed by atoms with Gasteiger partial charge in [-0.25, -0.2) is 4.98 Å². The molecule has 1 atom stereocenters. The summed E-state index contributed by atoms with van der Waals surface area (Å²) in [7, 11) is 2.16. The second-order valence-electron chi connectivity index (χ2n) is 5.84. The summed E-state index contributed by atoms with van der Waals surface area (Å²) in [5.41, 5.74) is 1.70. The van der Waals surface area contributed by atoms with Gasteiger partial charge >= 0.3 is 0 Å². The fraction of sp³-hybridized carbons (Fsp3) is 0.412. The Morgan fingerprint density at radius 1 is 1.36 bits per heavy atom. The number of benzene rings is 1. The van der Waals surface area contributed by atoms with Gasteiger partial charge in [-0.05, 0) is 57.1 Å². The van der Waals surface area contributed by atoms with Gasteiger partial charge in [-0.15, -0.1) is 0 Å². The van der Waals surface area contributed by atoms with Gasteiger partial charge in [-0.1, -0.05) is 0 Å². The number of nitrogens with zero attached hydrogens (tertiary/aromatic N) is 3. The van der Waals surface area contributed by atoms with E-state index in [-0.39, 0.29) is 5.91 Å². The molecule has 5 nitrogen and oxygen atoms in total. The van der Waals surface area contributed by atoms with Crippen molar-refractivity contribution < 1.29 is 4.79 Å². The number of likely N-dealkylation sites (tertiary alicyclic amines) is 1. The minimum absolute atomic E-state index is 0.00201. The van der Waals surface area contributed by atoms with Gasteiger partial charge in [0.15, 0.2) is 0 Å². The van der Waals surface area contributed by atoms with E-state index < -0.39 is 0 Å². The van der Waals surface area contributed by atoms with Crippen molar-refractivity contribution in [2.45, 2.75) is 25.3 Å². The van der Waals surface area contributed by atoms with Crippen LogP contribution < -0.4 is 5.32 Å². The van der Waals surface area contributed by atoms with Crippen LogP contribution in [0.4, 0.5) is 0 Å². The first-order chi connectivity index (χ1) is 10.7. The van der Waals surface area contributed by atoms with E-state index in [9.17, 15) is 4.79 Å². The Morgan fingerprint density at radius 2 is 2.18 bits per heavy atom. The molecular formula is C17H22N4O. The average molecular weight is 298 g/mol. The van der Waals surface area contributed by atoms with Crippen molar-refractivity contribution in [1.82, 2.24) is 19.8 Å². The fourth-order valence-electron chi connectivity index (χ4n) is 3.00. The van der Waals surface area contributed by atoms with Crippen LogP contribution in [0.2, 0.25) is 0 Å². The third-order valence-electron chi connectivity index (χ3n) is 4.37. The zero-order chi connectivity index (χ0) is 15.4. The van der Waals surface area contributed by atoms with Gasteiger partial charge in [0, 0.05) is 36.2 Å². The number of hydrogen-bond donors (Lipinski definition) is 1. The SMILES string of the molecule is CN1CCC[C@@H]1CCNC(=O)c1ccc(-n2ccnc2)cc1. The first-order valence-electron chi connectivity index (χ1n) is 7.81. The number of amides is 1. The number of hydrogen-bond acceptors (Lipinski definition) is 3. The zero-order valence-corrected chi connectivity index (χ0v) is 12.9. The Morgan fingerprint density at radius 3 is 2.82 bits per heavy atom. The van der Waals surface area contributed by atoms with Gasteiger partial charge in [0.05, 0.1) is 6.33 Å². The van der Waals surface area contributed by atoms with E-state index in [2.05, 4.69) is 22.2 Å². The number of carbonyl (C=O) groups excluding carboxylic acids is 1. The van der Waals surface area contributed by atoms with Crippen LogP contribution in [0.3, 0.4) is 0 Å². The van der Waals surface area contributed by atoms with E-state index >= 15 is 0 Å². The predicted octanol–water partition coefficient (Wildman–Crippen LogP) is 2.09. The maximum atomic E-state index is 12.2. The second kappa shape index (κ2) is 6.75. The lowest BCUT2D eigenvalue weighted by Gasteiger charge is -2.19. The van der Waals surface area contributed by atoms with E-state index in [1.165, 1.54) is 19.4 Å². The molecule has 22 heavy (non-hydrogen) atoms. The predicted molar refractivity (Wildman–Crippen MR) is 86.2 cm³/mol. The molecule has 0 bridgehead atoms. The van der Waals surface area contributed by atoms with Crippen LogP contribution in [0.5, 0.6) is 0 Å². The molecule has 1 saturated heterocycles. The molecule has 2 aromatic rings. The first kappa shape index (κ1) is 14.8. The summed E-state index contributed by atoms with van der Waals surface area (Å²) in [6.45, 7) is 1.91. The highest BCUT2D eigenvalue weighted by atomic mass is 16.1. The van der Waals surface area contributed by atoms with Crippen LogP contribution >= 0.6 is 0 Å². The highest BCUT2D eigenvalue weighted by molar-refractivity contribution is 5.94. The molecule has 1 fully saturated rings. The molecule has 0 spiro atoms. The van der Waals surface area contributed by atoms with Crippen molar-refractivity contribution in [3.05, 3.63) is 48.5 Å². The van der Waals surface area contributed by atoms with Crippen molar-refractivity contribution in [3.8, 4) is 5.69 Å². The van der Waals surface area contributed by atoms with Crippen molar-refractivity contribution >= 4 is 5.91 Å². The topological polar surface area (TPSA) is 50.2 Å². The van der Waals surface area contributed by atoms with Crippen LogP contribution in [-0.2, 0) is 0 Å². The maximum absolute atomic E-state index is 12.2.